The van der Waals surface area contributed by atoms with Crippen LogP contribution in [-0.4, -0.2) is 45.1 Å². The van der Waals surface area contributed by atoms with Gasteiger partial charge in [0.15, 0.2) is 11.5 Å². The molecule has 0 amide bonds. The van der Waals surface area contributed by atoms with E-state index in [4.69, 9.17) is 0 Å². The molecule has 7 nitrogen and oxygen atoms in total. The standard InChI is InChI=1S/C17H19N7/c18-11-15-17(21-8-7-20-15)23-9-4-14(5-10-23)24(13-1-2-13)16-3-6-19-12-22-16/h3,6-8,12-14H,1-2,4-5,9-10H2. The minimum atomic E-state index is 0.408. The monoisotopic (exact) mass is 321 g/mol. The molecule has 0 N–H and O–H groups in total. The summed E-state index contributed by atoms with van der Waals surface area (Å²) in [6.07, 6.45) is 11.2. The third kappa shape index (κ3) is 2.87. The van der Waals surface area contributed by atoms with Gasteiger partial charge in [0.2, 0.25) is 0 Å². The number of piperidine rings is 1. The second kappa shape index (κ2) is 6.40. The Labute approximate surface area is 141 Å². The summed E-state index contributed by atoms with van der Waals surface area (Å²) in [5.41, 5.74) is 0.408. The van der Waals surface area contributed by atoms with E-state index in [2.05, 4.69) is 35.8 Å². The summed E-state index contributed by atoms with van der Waals surface area (Å²) in [6, 6.07) is 5.23. The molecule has 1 saturated heterocycles. The lowest BCUT2D eigenvalue weighted by Crippen LogP contribution is -2.46. The first-order valence-corrected chi connectivity index (χ1v) is 8.37. The fraction of sp³-hybridized carbons (Fsp3) is 0.471. The molecule has 0 spiro atoms. The molecule has 2 aliphatic rings. The van der Waals surface area contributed by atoms with E-state index in [-0.39, 0.29) is 0 Å². The highest BCUT2D eigenvalue weighted by molar-refractivity contribution is 5.50. The Morgan fingerprint density at radius 1 is 1.00 bits per heavy atom. The summed E-state index contributed by atoms with van der Waals surface area (Å²) < 4.78 is 0. The quantitative estimate of drug-likeness (QED) is 0.849. The topological polar surface area (TPSA) is 81.8 Å². The van der Waals surface area contributed by atoms with E-state index < -0.39 is 0 Å². The van der Waals surface area contributed by atoms with Crippen molar-refractivity contribution in [2.75, 3.05) is 22.9 Å². The minimum absolute atomic E-state index is 0.408. The van der Waals surface area contributed by atoms with Crippen molar-refractivity contribution < 1.29 is 0 Å². The number of aromatic nitrogens is 4. The van der Waals surface area contributed by atoms with Gasteiger partial charge in [0, 0.05) is 43.8 Å². The second-order valence-electron chi connectivity index (χ2n) is 6.26. The summed E-state index contributed by atoms with van der Waals surface area (Å²) in [6.45, 7) is 1.76. The molecular weight excluding hydrogens is 302 g/mol. The molecule has 4 rings (SSSR count). The molecular formula is C17H19N7. The summed E-state index contributed by atoms with van der Waals surface area (Å²) in [5.74, 6) is 1.74. The highest BCUT2D eigenvalue weighted by Gasteiger charge is 2.36. The van der Waals surface area contributed by atoms with E-state index in [1.54, 1.807) is 18.7 Å². The Balaban J connectivity index is 1.48. The molecule has 1 saturated carbocycles. The first-order valence-electron chi connectivity index (χ1n) is 8.37. The average Bonchev–Trinajstić information content (AvgIpc) is 3.48. The molecule has 0 aromatic carbocycles. The second-order valence-corrected chi connectivity index (χ2v) is 6.26. The smallest absolute Gasteiger partial charge is 0.183 e. The molecule has 0 radical (unpaired) electrons. The van der Waals surface area contributed by atoms with E-state index in [9.17, 15) is 5.26 Å². The zero-order valence-electron chi connectivity index (χ0n) is 13.4. The van der Waals surface area contributed by atoms with Crippen molar-refractivity contribution in [3.63, 3.8) is 0 Å². The fourth-order valence-electron chi connectivity index (χ4n) is 3.46. The normalized spacial score (nSPS) is 18.2. The van der Waals surface area contributed by atoms with Gasteiger partial charge < -0.3 is 9.80 Å². The summed E-state index contributed by atoms with van der Waals surface area (Å²) in [4.78, 5) is 21.6. The lowest BCUT2D eigenvalue weighted by molar-refractivity contribution is 0.457. The summed E-state index contributed by atoms with van der Waals surface area (Å²) in [7, 11) is 0. The average molecular weight is 321 g/mol. The van der Waals surface area contributed by atoms with E-state index in [0.29, 0.717) is 23.6 Å². The Bertz CT molecular complexity index is 730. The van der Waals surface area contributed by atoms with Crippen molar-refractivity contribution in [2.45, 2.75) is 37.8 Å². The maximum absolute atomic E-state index is 9.22. The van der Waals surface area contributed by atoms with Crippen LogP contribution in [0.25, 0.3) is 0 Å². The third-order valence-electron chi connectivity index (χ3n) is 4.71. The minimum Gasteiger partial charge on any atom is -0.354 e. The van der Waals surface area contributed by atoms with Crippen LogP contribution in [-0.2, 0) is 0 Å². The van der Waals surface area contributed by atoms with Gasteiger partial charge in [-0.05, 0) is 31.7 Å². The summed E-state index contributed by atoms with van der Waals surface area (Å²) >= 11 is 0. The van der Waals surface area contributed by atoms with Gasteiger partial charge in [0.25, 0.3) is 0 Å². The van der Waals surface area contributed by atoms with Crippen molar-refractivity contribution in [2.24, 2.45) is 0 Å². The summed E-state index contributed by atoms with van der Waals surface area (Å²) in [5, 5.41) is 9.22. The van der Waals surface area contributed by atoms with Gasteiger partial charge in [0.05, 0.1) is 0 Å². The Kier molecular flexibility index (Phi) is 3.95. The van der Waals surface area contributed by atoms with Crippen molar-refractivity contribution in [1.29, 1.82) is 5.26 Å². The van der Waals surface area contributed by atoms with Crippen molar-refractivity contribution in [3.8, 4) is 6.07 Å². The number of anilines is 2. The molecule has 24 heavy (non-hydrogen) atoms. The maximum Gasteiger partial charge on any atom is 0.183 e. The van der Waals surface area contributed by atoms with Gasteiger partial charge in [-0.3, -0.25) is 0 Å². The number of rotatable bonds is 4. The van der Waals surface area contributed by atoms with Crippen LogP contribution in [0, 0.1) is 11.3 Å². The maximum atomic E-state index is 9.22. The first-order chi connectivity index (χ1) is 11.9. The predicted molar refractivity (Wildman–Crippen MR) is 89.5 cm³/mol. The van der Waals surface area contributed by atoms with Crippen LogP contribution in [0.5, 0.6) is 0 Å². The lowest BCUT2D eigenvalue weighted by atomic mass is 10.0. The van der Waals surface area contributed by atoms with Crippen molar-refractivity contribution >= 4 is 11.6 Å². The molecule has 0 atom stereocenters. The third-order valence-corrected chi connectivity index (χ3v) is 4.71. The van der Waals surface area contributed by atoms with Crippen LogP contribution in [0.2, 0.25) is 0 Å². The van der Waals surface area contributed by atoms with E-state index in [1.807, 2.05) is 12.3 Å². The van der Waals surface area contributed by atoms with Crippen molar-refractivity contribution in [1.82, 2.24) is 19.9 Å². The molecule has 2 aromatic rings. The van der Waals surface area contributed by atoms with Gasteiger partial charge in [-0.25, -0.2) is 19.9 Å². The highest BCUT2D eigenvalue weighted by Crippen LogP contribution is 2.35. The van der Waals surface area contributed by atoms with Crippen molar-refractivity contribution in [3.05, 3.63) is 36.7 Å². The SMILES string of the molecule is N#Cc1nccnc1N1CCC(N(c2ccncn2)C2CC2)CC1. The number of hydrogen-bond donors (Lipinski definition) is 0. The molecule has 0 unspecified atom stereocenters. The number of nitriles is 1. The fourth-order valence-corrected chi connectivity index (χ4v) is 3.46. The largest absolute Gasteiger partial charge is 0.354 e. The zero-order valence-corrected chi connectivity index (χ0v) is 13.4. The van der Waals surface area contributed by atoms with Gasteiger partial charge in [-0.1, -0.05) is 0 Å². The van der Waals surface area contributed by atoms with Crippen LogP contribution in [0.4, 0.5) is 11.6 Å². The Hall–Kier alpha value is -2.75. The first kappa shape index (κ1) is 14.8. The van der Waals surface area contributed by atoms with Crippen LogP contribution >= 0.6 is 0 Å². The Morgan fingerprint density at radius 2 is 1.75 bits per heavy atom. The van der Waals surface area contributed by atoms with Crippen LogP contribution < -0.4 is 9.80 Å². The lowest BCUT2D eigenvalue weighted by Gasteiger charge is -2.39. The molecule has 122 valence electrons. The van der Waals surface area contributed by atoms with Crippen LogP contribution in [0.1, 0.15) is 31.4 Å². The molecule has 2 aromatic heterocycles. The zero-order chi connectivity index (χ0) is 16.4. The van der Waals surface area contributed by atoms with Gasteiger partial charge in [-0.2, -0.15) is 5.26 Å². The molecule has 0 bridgehead atoms. The number of hydrogen-bond acceptors (Lipinski definition) is 7. The van der Waals surface area contributed by atoms with E-state index in [1.165, 1.54) is 12.8 Å². The van der Waals surface area contributed by atoms with Crippen LogP contribution in [0.3, 0.4) is 0 Å². The van der Waals surface area contributed by atoms with E-state index in [0.717, 1.165) is 31.7 Å². The van der Waals surface area contributed by atoms with Gasteiger partial charge >= 0.3 is 0 Å². The predicted octanol–water partition coefficient (Wildman–Crippen LogP) is 1.78. The van der Waals surface area contributed by atoms with E-state index >= 15 is 0 Å². The molecule has 3 heterocycles. The van der Waals surface area contributed by atoms with Gasteiger partial charge in [0.1, 0.15) is 18.2 Å². The molecule has 1 aliphatic carbocycles. The molecule has 1 aliphatic heterocycles. The Morgan fingerprint density at radius 3 is 2.42 bits per heavy atom. The van der Waals surface area contributed by atoms with Crippen LogP contribution in [0.15, 0.2) is 31.0 Å². The highest BCUT2D eigenvalue weighted by atomic mass is 15.3. The molecule has 7 heteroatoms. The number of nitrogens with zero attached hydrogens (tertiary/aromatic N) is 7. The van der Waals surface area contributed by atoms with Gasteiger partial charge in [-0.15, -0.1) is 0 Å². The molecule has 2 fully saturated rings.